The summed E-state index contributed by atoms with van der Waals surface area (Å²) in [5.74, 6) is 0.170. The number of thioether (sulfide) groups is 1. The molecular weight excluding hydrogens is 368 g/mol. The quantitative estimate of drug-likeness (QED) is 0.632. The van der Waals surface area contributed by atoms with Crippen LogP contribution in [0.5, 0.6) is 0 Å². The average molecular weight is 387 g/mol. The Morgan fingerprint density at radius 2 is 2.08 bits per heavy atom. The van der Waals surface area contributed by atoms with E-state index in [1.165, 1.54) is 11.8 Å². The number of aryl methyl sites for hydroxylation is 2. The summed E-state index contributed by atoms with van der Waals surface area (Å²) in [4.78, 5) is 12.3. The van der Waals surface area contributed by atoms with E-state index in [-0.39, 0.29) is 11.7 Å². The Morgan fingerprint density at radius 1 is 1.27 bits per heavy atom. The molecule has 2 aromatic carbocycles. The summed E-state index contributed by atoms with van der Waals surface area (Å²) in [5.41, 5.74) is 3.84. The number of rotatable bonds is 6. The van der Waals surface area contributed by atoms with Gasteiger partial charge in [0.1, 0.15) is 6.33 Å². The molecule has 7 heteroatoms. The van der Waals surface area contributed by atoms with Crippen molar-refractivity contribution in [1.82, 2.24) is 14.8 Å². The Balaban J connectivity index is 1.68. The van der Waals surface area contributed by atoms with Gasteiger partial charge in [-0.15, -0.1) is 10.2 Å². The fourth-order valence-electron chi connectivity index (χ4n) is 2.50. The molecule has 26 heavy (non-hydrogen) atoms. The van der Waals surface area contributed by atoms with E-state index in [0.717, 1.165) is 28.9 Å². The number of halogens is 1. The molecule has 1 aromatic heterocycles. The van der Waals surface area contributed by atoms with Gasteiger partial charge in [0.05, 0.1) is 11.4 Å². The Hall–Kier alpha value is -2.31. The van der Waals surface area contributed by atoms with Crippen LogP contribution in [0.25, 0.3) is 5.69 Å². The van der Waals surface area contributed by atoms with Crippen molar-refractivity contribution in [2.75, 3.05) is 11.1 Å². The molecule has 0 aliphatic carbocycles. The zero-order valence-electron chi connectivity index (χ0n) is 14.6. The second kappa shape index (κ2) is 8.38. The summed E-state index contributed by atoms with van der Waals surface area (Å²) in [6, 6.07) is 13.6. The van der Waals surface area contributed by atoms with Crippen LogP contribution in [0.3, 0.4) is 0 Å². The van der Waals surface area contributed by atoms with Gasteiger partial charge < -0.3 is 5.32 Å². The standard InChI is InChI=1S/C19H19ClN4OS/c1-3-14-6-4-5-7-17(14)22-18(25)11-26-19-23-21-12-24(19)15-9-8-13(2)16(20)10-15/h4-10,12H,3,11H2,1-2H3,(H,22,25). The lowest BCUT2D eigenvalue weighted by molar-refractivity contribution is -0.113. The number of anilines is 1. The number of nitrogens with zero attached hydrogens (tertiary/aromatic N) is 3. The topological polar surface area (TPSA) is 59.8 Å². The zero-order valence-corrected chi connectivity index (χ0v) is 16.1. The van der Waals surface area contributed by atoms with Crippen molar-refractivity contribution in [3.63, 3.8) is 0 Å². The minimum absolute atomic E-state index is 0.0765. The van der Waals surface area contributed by atoms with E-state index in [0.29, 0.717) is 10.2 Å². The molecule has 0 aliphatic rings. The van der Waals surface area contributed by atoms with Crippen LogP contribution in [0.15, 0.2) is 53.9 Å². The van der Waals surface area contributed by atoms with Crippen molar-refractivity contribution in [2.45, 2.75) is 25.4 Å². The van der Waals surface area contributed by atoms with E-state index in [4.69, 9.17) is 11.6 Å². The van der Waals surface area contributed by atoms with Crippen molar-refractivity contribution in [1.29, 1.82) is 0 Å². The molecule has 0 aliphatic heterocycles. The lowest BCUT2D eigenvalue weighted by Crippen LogP contribution is -2.15. The van der Waals surface area contributed by atoms with Gasteiger partial charge in [-0.25, -0.2) is 0 Å². The Kier molecular flexibility index (Phi) is 5.96. The smallest absolute Gasteiger partial charge is 0.234 e. The van der Waals surface area contributed by atoms with Gasteiger partial charge in [-0.05, 0) is 42.7 Å². The van der Waals surface area contributed by atoms with Crippen LogP contribution in [0.1, 0.15) is 18.1 Å². The predicted molar refractivity (Wildman–Crippen MR) is 106 cm³/mol. The van der Waals surface area contributed by atoms with E-state index in [2.05, 4.69) is 22.4 Å². The first kappa shape index (κ1) is 18.5. The van der Waals surface area contributed by atoms with Crippen LogP contribution in [0.2, 0.25) is 5.02 Å². The van der Waals surface area contributed by atoms with Crippen molar-refractivity contribution in [2.24, 2.45) is 0 Å². The van der Waals surface area contributed by atoms with E-state index < -0.39 is 0 Å². The largest absolute Gasteiger partial charge is 0.325 e. The Morgan fingerprint density at radius 3 is 2.85 bits per heavy atom. The van der Waals surface area contributed by atoms with Crippen LogP contribution < -0.4 is 5.32 Å². The zero-order chi connectivity index (χ0) is 18.5. The van der Waals surface area contributed by atoms with Crippen LogP contribution in [-0.2, 0) is 11.2 Å². The summed E-state index contributed by atoms with van der Waals surface area (Å²) in [5, 5.41) is 12.4. The highest BCUT2D eigenvalue weighted by molar-refractivity contribution is 7.99. The molecule has 1 amide bonds. The molecule has 0 saturated heterocycles. The highest BCUT2D eigenvalue weighted by atomic mass is 35.5. The van der Waals surface area contributed by atoms with Gasteiger partial charge in [-0.3, -0.25) is 9.36 Å². The molecule has 0 unspecified atom stereocenters. The molecule has 0 atom stereocenters. The summed E-state index contributed by atoms with van der Waals surface area (Å²) in [6.45, 7) is 4.02. The van der Waals surface area contributed by atoms with Gasteiger partial charge in [0.15, 0.2) is 5.16 Å². The number of benzene rings is 2. The first-order valence-electron chi connectivity index (χ1n) is 8.25. The molecule has 0 spiro atoms. The minimum Gasteiger partial charge on any atom is -0.325 e. The van der Waals surface area contributed by atoms with Crippen LogP contribution >= 0.6 is 23.4 Å². The second-order valence-corrected chi connectivity index (χ2v) is 7.11. The number of carbonyl (C=O) groups excluding carboxylic acids is 1. The SMILES string of the molecule is CCc1ccccc1NC(=O)CSc1nncn1-c1ccc(C)c(Cl)c1. The number of nitrogens with one attached hydrogen (secondary N) is 1. The number of amides is 1. The number of para-hydroxylation sites is 1. The molecule has 0 radical (unpaired) electrons. The predicted octanol–water partition coefficient (Wildman–Crippen LogP) is 4.52. The van der Waals surface area contributed by atoms with Crippen molar-refractivity contribution in [3.05, 3.63) is 64.9 Å². The Bertz CT molecular complexity index is 925. The third kappa shape index (κ3) is 4.26. The monoisotopic (exact) mass is 386 g/mol. The molecular formula is C19H19ClN4OS. The molecule has 0 fully saturated rings. The van der Waals surface area contributed by atoms with Gasteiger partial charge in [-0.2, -0.15) is 0 Å². The van der Waals surface area contributed by atoms with Gasteiger partial charge in [0.25, 0.3) is 0 Å². The maximum absolute atomic E-state index is 12.3. The summed E-state index contributed by atoms with van der Waals surface area (Å²) in [7, 11) is 0. The van der Waals surface area contributed by atoms with E-state index in [9.17, 15) is 4.79 Å². The van der Waals surface area contributed by atoms with Gasteiger partial charge in [-0.1, -0.05) is 54.6 Å². The lowest BCUT2D eigenvalue weighted by Gasteiger charge is -2.10. The number of hydrogen-bond donors (Lipinski definition) is 1. The molecule has 0 saturated carbocycles. The van der Waals surface area contributed by atoms with Crippen molar-refractivity contribution >= 4 is 35.0 Å². The summed E-state index contributed by atoms with van der Waals surface area (Å²) >= 11 is 7.54. The fourth-order valence-corrected chi connectivity index (χ4v) is 3.40. The molecule has 1 N–H and O–H groups in total. The van der Waals surface area contributed by atoms with Gasteiger partial charge >= 0.3 is 0 Å². The molecule has 134 valence electrons. The fraction of sp³-hybridized carbons (Fsp3) is 0.211. The van der Waals surface area contributed by atoms with Gasteiger partial charge in [0.2, 0.25) is 5.91 Å². The number of aromatic nitrogens is 3. The highest BCUT2D eigenvalue weighted by Gasteiger charge is 2.12. The molecule has 3 rings (SSSR count). The molecule has 5 nitrogen and oxygen atoms in total. The summed E-state index contributed by atoms with van der Waals surface area (Å²) in [6.07, 6.45) is 2.49. The van der Waals surface area contributed by atoms with Crippen molar-refractivity contribution < 1.29 is 4.79 Å². The summed E-state index contributed by atoms with van der Waals surface area (Å²) < 4.78 is 1.82. The van der Waals surface area contributed by atoms with E-state index in [1.54, 1.807) is 6.33 Å². The first-order chi connectivity index (χ1) is 12.6. The van der Waals surface area contributed by atoms with Crippen LogP contribution in [0.4, 0.5) is 5.69 Å². The van der Waals surface area contributed by atoms with Crippen molar-refractivity contribution in [3.8, 4) is 5.69 Å². The third-order valence-electron chi connectivity index (χ3n) is 3.95. The number of hydrogen-bond acceptors (Lipinski definition) is 4. The first-order valence-corrected chi connectivity index (χ1v) is 9.62. The molecule has 3 aromatic rings. The number of carbonyl (C=O) groups is 1. The van der Waals surface area contributed by atoms with E-state index >= 15 is 0 Å². The maximum atomic E-state index is 12.3. The molecule has 1 heterocycles. The van der Waals surface area contributed by atoms with E-state index in [1.807, 2.05) is 54.0 Å². The Labute approximate surface area is 161 Å². The second-order valence-electron chi connectivity index (χ2n) is 5.76. The van der Waals surface area contributed by atoms with Crippen LogP contribution in [0, 0.1) is 6.92 Å². The molecule has 0 bridgehead atoms. The van der Waals surface area contributed by atoms with Crippen LogP contribution in [-0.4, -0.2) is 26.4 Å². The minimum atomic E-state index is -0.0765. The van der Waals surface area contributed by atoms with Gasteiger partial charge in [0, 0.05) is 10.7 Å². The third-order valence-corrected chi connectivity index (χ3v) is 5.31. The lowest BCUT2D eigenvalue weighted by atomic mass is 10.1. The normalized spacial score (nSPS) is 10.7. The average Bonchev–Trinajstić information content (AvgIpc) is 3.11. The highest BCUT2D eigenvalue weighted by Crippen LogP contribution is 2.24. The maximum Gasteiger partial charge on any atom is 0.234 e.